The van der Waals surface area contributed by atoms with Gasteiger partial charge in [-0.1, -0.05) is 6.07 Å². The molecule has 4 heteroatoms. The van der Waals surface area contributed by atoms with E-state index in [-0.39, 0.29) is 5.91 Å². The smallest absolute Gasteiger partial charge is 0.221 e. The molecule has 0 saturated carbocycles. The van der Waals surface area contributed by atoms with E-state index in [1.54, 1.807) is 6.26 Å². The first-order chi connectivity index (χ1) is 10.0. The van der Waals surface area contributed by atoms with Crippen LogP contribution in [-0.2, 0) is 11.2 Å². The molecule has 2 N–H and O–H groups in total. The number of carbonyl (C=O) groups excluding carboxylic acids is 1. The van der Waals surface area contributed by atoms with Crippen molar-refractivity contribution in [2.75, 3.05) is 10.6 Å². The average molecular weight is 286 g/mol. The zero-order valence-corrected chi connectivity index (χ0v) is 12.8. The minimum absolute atomic E-state index is 0.0596. The fraction of sp³-hybridized carbons (Fsp3) is 0.353. The van der Waals surface area contributed by atoms with E-state index in [2.05, 4.69) is 24.5 Å². The standard InChI is InChI=1S/C17H22N2O2/c1-12-6-8-15(19-14(3)20)11-17(12)18-13(2)7-9-16-5-4-10-21-16/h4-6,8,10-11,13,18H,7,9H2,1-3H3,(H,19,20). The zero-order valence-electron chi connectivity index (χ0n) is 12.8. The van der Waals surface area contributed by atoms with Gasteiger partial charge < -0.3 is 15.1 Å². The number of nitrogens with one attached hydrogen (secondary N) is 2. The van der Waals surface area contributed by atoms with Crippen LogP contribution in [0.15, 0.2) is 41.0 Å². The van der Waals surface area contributed by atoms with Gasteiger partial charge in [0.2, 0.25) is 5.91 Å². The molecule has 1 unspecified atom stereocenters. The predicted octanol–water partition coefficient (Wildman–Crippen LogP) is 3.98. The number of amides is 1. The molecule has 1 amide bonds. The Bertz CT molecular complexity index is 591. The number of hydrogen-bond donors (Lipinski definition) is 2. The molecule has 21 heavy (non-hydrogen) atoms. The second-order valence-electron chi connectivity index (χ2n) is 5.37. The first-order valence-electron chi connectivity index (χ1n) is 7.22. The summed E-state index contributed by atoms with van der Waals surface area (Å²) in [5.74, 6) is 0.947. The molecule has 0 radical (unpaired) electrons. The highest BCUT2D eigenvalue weighted by atomic mass is 16.3. The van der Waals surface area contributed by atoms with Crippen molar-refractivity contribution in [3.8, 4) is 0 Å². The van der Waals surface area contributed by atoms with Gasteiger partial charge in [-0.2, -0.15) is 0 Å². The molecule has 112 valence electrons. The van der Waals surface area contributed by atoms with Crippen molar-refractivity contribution in [2.24, 2.45) is 0 Å². The van der Waals surface area contributed by atoms with Crippen molar-refractivity contribution in [3.05, 3.63) is 47.9 Å². The molecule has 0 saturated heterocycles. The first-order valence-corrected chi connectivity index (χ1v) is 7.22. The third kappa shape index (κ3) is 4.67. The van der Waals surface area contributed by atoms with Gasteiger partial charge in [0, 0.05) is 30.8 Å². The zero-order chi connectivity index (χ0) is 15.2. The average Bonchev–Trinajstić information content (AvgIpc) is 2.93. The fourth-order valence-corrected chi connectivity index (χ4v) is 2.21. The Morgan fingerprint density at radius 3 is 2.81 bits per heavy atom. The van der Waals surface area contributed by atoms with Crippen molar-refractivity contribution < 1.29 is 9.21 Å². The molecule has 1 atom stereocenters. The summed E-state index contributed by atoms with van der Waals surface area (Å²) in [6.07, 6.45) is 3.59. The number of furan rings is 1. The normalized spacial score (nSPS) is 12.0. The topological polar surface area (TPSA) is 54.3 Å². The Balaban J connectivity index is 1.95. The maximum atomic E-state index is 11.1. The quantitative estimate of drug-likeness (QED) is 0.844. The Morgan fingerprint density at radius 2 is 2.14 bits per heavy atom. The Hall–Kier alpha value is -2.23. The first kappa shape index (κ1) is 15.2. The van der Waals surface area contributed by atoms with Gasteiger partial charge in [-0.3, -0.25) is 4.79 Å². The van der Waals surface area contributed by atoms with Gasteiger partial charge in [-0.25, -0.2) is 0 Å². The lowest BCUT2D eigenvalue weighted by atomic mass is 10.1. The van der Waals surface area contributed by atoms with Gasteiger partial charge in [-0.05, 0) is 50.1 Å². The van der Waals surface area contributed by atoms with Crippen LogP contribution in [0.5, 0.6) is 0 Å². The van der Waals surface area contributed by atoms with E-state index < -0.39 is 0 Å². The fourth-order valence-electron chi connectivity index (χ4n) is 2.21. The van der Waals surface area contributed by atoms with Crippen LogP contribution in [0.2, 0.25) is 0 Å². The van der Waals surface area contributed by atoms with Crippen molar-refractivity contribution >= 4 is 17.3 Å². The van der Waals surface area contributed by atoms with Crippen LogP contribution in [0.4, 0.5) is 11.4 Å². The van der Waals surface area contributed by atoms with E-state index in [0.29, 0.717) is 6.04 Å². The number of hydrogen-bond acceptors (Lipinski definition) is 3. The van der Waals surface area contributed by atoms with E-state index in [4.69, 9.17) is 4.42 Å². The summed E-state index contributed by atoms with van der Waals surface area (Å²) < 4.78 is 5.35. The summed E-state index contributed by atoms with van der Waals surface area (Å²) in [4.78, 5) is 11.1. The van der Waals surface area contributed by atoms with Gasteiger partial charge >= 0.3 is 0 Å². The lowest BCUT2D eigenvalue weighted by Gasteiger charge is -2.17. The monoisotopic (exact) mass is 286 g/mol. The van der Waals surface area contributed by atoms with Crippen LogP contribution in [0, 0.1) is 6.92 Å². The largest absolute Gasteiger partial charge is 0.469 e. The highest BCUT2D eigenvalue weighted by Gasteiger charge is 2.07. The Kier molecular flexibility index (Phi) is 5.04. The maximum absolute atomic E-state index is 11.1. The Morgan fingerprint density at radius 1 is 1.33 bits per heavy atom. The number of aryl methyl sites for hydroxylation is 2. The van der Waals surface area contributed by atoms with Gasteiger partial charge in [0.05, 0.1) is 6.26 Å². The van der Waals surface area contributed by atoms with E-state index in [0.717, 1.165) is 35.5 Å². The molecule has 0 aliphatic rings. The van der Waals surface area contributed by atoms with Crippen LogP contribution in [0.25, 0.3) is 0 Å². The lowest BCUT2D eigenvalue weighted by Crippen LogP contribution is -2.17. The van der Waals surface area contributed by atoms with E-state index in [9.17, 15) is 4.79 Å². The molecule has 1 aromatic heterocycles. The van der Waals surface area contributed by atoms with Crippen LogP contribution in [0.1, 0.15) is 31.6 Å². The molecule has 2 aromatic rings. The molecule has 1 aromatic carbocycles. The van der Waals surface area contributed by atoms with Crippen LogP contribution < -0.4 is 10.6 Å². The third-order valence-electron chi connectivity index (χ3n) is 3.36. The van der Waals surface area contributed by atoms with Gasteiger partial charge in [0.1, 0.15) is 5.76 Å². The SMILES string of the molecule is CC(=O)Nc1ccc(C)c(NC(C)CCc2ccco2)c1. The summed E-state index contributed by atoms with van der Waals surface area (Å²) in [5, 5.41) is 6.30. The van der Waals surface area contributed by atoms with Crippen LogP contribution in [-0.4, -0.2) is 11.9 Å². The van der Waals surface area contributed by atoms with Crippen molar-refractivity contribution in [2.45, 2.75) is 39.7 Å². The minimum atomic E-state index is -0.0596. The lowest BCUT2D eigenvalue weighted by molar-refractivity contribution is -0.114. The van der Waals surface area contributed by atoms with Gasteiger partial charge in [0.25, 0.3) is 0 Å². The molecular weight excluding hydrogens is 264 g/mol. The van der Waals surface area contributed by atoms with Crippen molar-refractivity contribution in [3.63, 3.8) is 0 Å². The second-order valence-corrected chi connectivity index (χ2v) is 5.37. The predicted molar refractivity (Wildman–Crippen MR) is 85.6 cm³/mol. The van der Waals surface area contributed by atoms with E-state index in [1.807, 2.05) is 30.3 Å². The molecule has 0 spiro atoms. The molecule has 2 rings (SSSR count). The molecule has 0 fully saturated rings. The number of benzene rings is 1. The third-order valence-corrected chi connectivity index (χ3v) is 3.36. The summed E-state index contributed by atoms with van der Waals surface area (Å²) in [6, 6.07) is 10.1. The maximum Gasteiger partial charge on any atom is 0.221 e. The summed E-state index contributed by atoms with van der Waals surface area (Å²) >= 11 is 0. The van der Waals surface area contributed by atoms with Gasteiger partial charge in [-0.15, -0.1) is 0 Å². The number of carbonyl (C=O) groups is 1. The molecule has 4 nitrogen and oxygen atoms in total. The van der Waals surface area contributed by atoms with Gasteiger partial charge in [0.15, 0.2) is 0 Å². The highest BCUT2D eigenvalue weighted by Crippen LogP contribution is 2.22. The van der Waals surface area contributed by atoms with Crippen molar-refractivity contribution in [1.82, 2.24) is 0 Å². The van der Waals surface area contributed by atoms with Crippen molar-refractivity contribution in [1.29, 1.82) is 0 Å². The van der Waals surface area contributed by atoms with E-state index >= 15 is 0 Å². The van der Waals surface area contributed by atoms with E-state index in [1.165, 1.54) is 6.92 Å². The molecule has 1 heterocycles. The molecular formula is C17H22N2O2. The molecule has 0 aliphatic carbocycles. The summed E-state index contributed by atoms with van der Waals surface area (Å²) in [5.41, 5.74) is 3.02. The van der Waals surface area contributed by atoms with Crippen LogP contribution >= 0.6 is 0 Å². The molecule has 0 aliphatic heterocycles. The summed E-state index contributed by atoms with van der Waals surface area (Å²) in [6.45, 7) is 5.71. The number of rotatable bonds is 6. The molecule has 0 bridgehead atoms. The summed E-state index contributed by atoms with van der Waals surface area (Å²) in [7, 11) is 0. The minimum Gasteiger partial charge on any atom is -0.469 e. The van der Waals surface area contributed by atoms with Crippen LogP contribution in [0.3, 0.4) is 0 Å². The number of anilines is 2. The Labute approximate surface area is 125 Å². The second kappa shape index (κ2) is 6.97. The highest BCUT2D eigenvalue weighted by molar-refractivity contribution is 5.89.